The van der Waals surface area contributed by atoms with E-state index in [4.69, 9.17) is 0 Å². The molecule has 1 unspecified atom stereocenters. The maximum Gasteiger partial charge on any atom is 0.329 e. The van der Waals surface area contributed by atoms with E-state index in [0.717, 1.165) is 74.9 Å². The van der Waals surface area contributed by atoms with E-state index in [2.05, 4.69) is 37.7 Å². The fraction of sp³-hybridized carbons (Fsp3) is 0.487. The highest BCUT2D eigenvalue weighted by atomic mass is 19.3. The first-order valence-electron chi connectivity index (χ1n) is 19.1. The largest absolute Gasteiger partial charge is 0.370 e. The van der Waals surface area contributed by atoms with Gasteiger partial charge in [0.2, 0.25) is 11.8 Å². The Hall–Kier alpha value is -5.38. The first kappa shape index (κ1) is 36.6. The second-order valence-electron chi connectivity index (χ2n) is 15.4. The highest BCUT2D eigenvalue weighted by Gasteiger charge is 2.34. The monoisotopic (exact) mass is 756 g/mol. The number of pyridine rings is 1. The van der Waals surface area contributed by atoms with Crippen molar-refractivity contribution >= 4 is 45.6 Å². The van der Waals surface area contributed by atoms with Gasteiger partial charge in [-0.25, -0.2) is 18.1 Å². The van der Waals surface area contributed by atoms with Crippen molar-refractivity contribution in [3.63, 3.8) is 0 Å². The van der Waals surface area contributed by atoms with Gasteiger partial charge in [0.05, 0.1) is 45.7 Å². The number of imidazole rings is 1. The lowest BCUT2D eigenvalue weighted by atomic mass is 9.85. The summed E-state index contributed by atoms with van der Waals surface area (Å²) in [5.74, 6) is -0.796. The van der Waals surface area contributed by atoms with Crippen molar-refractivity contribution in [2.45, 2.75) is 82.8 Å². The molecule has 3 aliphatic rings. The summed E-state index contributed by atoms with van der Waals surface area (Å²) in [4.78, 5) is 55.9. The van der Waals surface area contributed by atoms with Gasteiger partial charge in [0, 0.05) is 51.5 Å². The van der Waals surface area contributed by atoms with Gasteiger partial charge < -0.3 is 15.1 Å². The van der Waals surface area contributed by atoms with Crippen LogP contribution in [0.15, 0.2) is 53.7 Å². The van der Waals surface area contributed by atoms with Crippen LogP contribution in [-0.4, -0.2) is 83.9 Å². The van der Waals surface area contributed by atoms with Crippen molar-refractivity contribution < 1.29 is 23.2 Å². The number of aromatic nitrogens is 6. The highest BCUT2D eigenvalue weighted by molar-refractivity contribution is 6.09. The molecule has 2 saturated heterocycles. The SMILES string of the molecule is Cc1ccn2ncc(C(=O)Nc3cn(C4CCC(CN(C)C5CCN(c6cccc7c6n(C)c(=O)n7C6CCC(=O)NC6=O)CC5)CC4)nc3C(F)F)c2c1. The summed E-state index contributed by atoms with van der Waals surface area (Å²) < 4.78 is 34.6. The number of rotatable bonds is 9. The van der Waals surface area contributed by atoms with E-state index in [-0.39, 0.29) is 29.7 Å². The van der Waals surface area contributed by atoms with Crippen molar-refractivity contribution in [2.75, 3.05) is 36.9 Å². The Balaban J connectivity index is 0.869. The molecule has 3 fully saturated rings. The quantitative estimate of drug-likeness (QED) is 0.200. The van der Waals surface area contributed by atoms with Crippen LogP contribution in [0.2, 0.25) is 0 Å². The standard InChI is InChI=1S/C39H46F2N10O4/c1-23-13-18-49-32(19-23)27(20-42-49)37(53)43-28-22-50(45-34(28)36(40)41)26-9-7-24(8-10-26)21-46(2)25-14-16-48(17-15-25)29-5-4-6-30-35(29)47(3)39(55)51(30)31-11-12-33(52)44-38(31)54/h4-6,13,18-20,22,24-26,31,36H,7-12,14-17,21H2,1-3H3,(H,43,53)(H,44,52,54). The average molecular weight is 757 g/mol. The molecule has 4 aromatic heterocycles. The number of fused-ring (bicyclic) bond motifs is 2. The summed E-state index contributed by atoms with van der Waals surface area (Å²) in [5, 5.41) is 13.5. The van der Waals surface area contributed by atoms with Crippen molar-refractivity contribution in [1.82, 2.24) is 38.7 Å². The lowest BCUT2D eigenvalue weighted by Crippen LogP contribution is -2.45. The molecule has 0 spiro atoms. The highest BCUT2D eigenvalue weighted by Crippen LogP contribution is 2.37. The van der Waals surface area contributed by atoms with Crippen LogP contribution in [0.1, 0.15) is 91.5 Å². The minimum atomic E-state index is -2.84. The van der Waals surface area contributed by atoms with Crippen LogP contribution >= 0.6 is 0 Å². The summed E-state index contributed by atoms with van der Waals surface area (Å²) in [6.45, 7) is 4.49. The number of nitrogens with zero attached hydrogens (tertiary/aromatic N) is 8. The van der Waals surface area contributed by atoms with Gasteiger partial charge in [-0.05, 0) is 94.7 Å². The number of anilines is 2. The summed E-state index contributed by atoms with van der Waals surface area (Å²) in [5.41, 5.74) is 3.61. The van der Waals surface area contributed by atoms with Crippen LogP contribution in [0.5, 0.6) is 0 Å². The number of benzene rings is 1. The first-order valence-corrected chi connectivity index (χ1v) is 19.1. The summed E-state index contributed by atoms with van der Waals surface area (Å²) in [6, 6.07) is 9.17. The van der Waals surface area contributed by atoms with E-state index in [1.54, 1.807) is 33.2 Å². The molecule has 0 bridgehead atoms. The zero-order valence-corrected chi connectivity index (χ0v) is 31.3. The molecule has 290 valence electrons. The molecule has 55 heavy (non-hydrogen) atoms. The van der Waals surface area contributed by atoms with Gasteiger partial charge in [-0.3, -0.25) is 33.5 Å². The molecular formula is C39H46F2N10O4. The first-order chi connectivity index (χ1) is 26.5. The molecule has 16 heteroatoms. The molecule has 2 N–H and O–H groups in total. The summed E-state index contributed by atoms with van der Waals surface area (Å²) in [6.07, 6.45) is 7.81. The fourth-order valence-corrected chi connectivity index (χ4v) is 8.90. The Bertz CT molecular complexity index is 2330. The number of imide groups is 1. The molecular weight excluding hydrogens is 710 g/mol. The number of alkyl halides is 2. The molecule has 6 heterocycles. The molecule has 0 radical (unpaired) electrons. The summed E-state index contributed by atoms with van der Waals surface area (Å²) >= 11 is 0. The van der Waals surface area contributed by atoms with Gasteiger partial charge in [0.1, 0.15) is 6.04 Å². The van der Waals surface area contributed by atoms with E-state index in [1.807, 2.05) is 37.3 Å². The Kier molecular flexibility index (Phi) is 9.78. The molecule has 1 saturated carbocycles. The lowest BCUT2D eigenvalue weighted by molar-refractivity contribution is -0.135. The van der Waals surface area contributed by atoms with E-state index in [0.29, 0.717) is 35.0 Å². The lowest BCUT2D eigenvalue weighted by Gasteiger charge is -2.40. The van der Waals surface area contributed by atoms with Gasteiger partial charge in [0.25, 0.3) is 12.3 Å². The Morgan fingerprint density at radius 1 is 1.04 bits per heavy atom. The number of hydrogen-bond donors (Lipinski definition) is 2. The summed E-state index contributed by atoms with van der Waals surface area (Å²) in [7, 11) is 3.91. The maximum absolute atomic E-state index is 14.1. The van der Waals surface area contributed by atoms with Gasteiger partial charge in [0.15, 0.2) is 5.69 Å². The second-order valence-corrected chi connectivity index (χ2v) is 15.4. The van der Waals surface area contributed by atoms with Gasteiger partial charge in [-0.2, -0.15) is 10.2 Å². The topological polar surface area (TPSA) is 144 Å². The van der Waals surface area contributed by atoms with Crippen LogP contribution in [0.25, 0.3) is 16.6 Å². The van der Waals surface area contributed by atoms with E-state index >= 15 is 0 Å². The Morgan fingerprint density at radius 2 is 1.80 bits per heavy atom. The van der Waals surface area contributed by atoms with Crippen molar-refractivity contribution in [1.29, 1.82) is 0 Å². The molecule has 5 aromatic rings. The Labute approximate surface area is 316 Å². The normalized spacial score (nSPS) is 21.3. The maximum atomic E-state index is 14.1. The van der Waals surface area contributed by atoms with E-state index < -0.39 is 30.0 Å². The molecule has 1 atom stereocenters. The number of hydrogen-bond acceptors (Lipinski definition) is 8. The van der Waals surface area contributed by atoms with Crippen LogP contribution in [0.3, 0.4) is 0 Å². The molecule has 8 rings (SSSR count). The molecule has 14 nitrogen and oxygen atoms in total. The predicted octanol–water partition coefficient (Wildman–Crippen LogP) is 4.99. The third kappa shape index (κ3) is 6.91. The number of piperidine rings is 2. The number of carbonyl (C=O) groups excluding carboxylic acids is 3. The Morgan fingerprint density at radius 3 is 2.53 bits per heavy atom. The van der Waals surface area contributed by atoms with Crippen molar-refractivity contribution in [2.24, 2.45) is 13.0 Å². The van der Waals surface area contributed by atoms with E-state index in [9.17, 15) is 28.0 Å². The van der Waals surface area contributed by atoms with Gasteiger partial charge in [-0.1, -0.05) is 6.07 Å². The minimum absolute atomic E-state index is 0.0190. The minimum Gasteiger partial charge on any atom is -0.370 e. The predicted molar refractivity (Wildman–Crippen MR) is 203 cm³/mol. The third-order valence-corrected chi connectivity index (χ3v) is 11.9. The molecule has 1 aliphatic carbocycles. The van der Waals surface area contributed by atoms with Gasteiger partial charge in [-0.15, -0.1) is 0 Å². The number of para-hydroxylation sites is 1. The zero-order chi connectivity index (χ0) is 38.5. The average Bonchev–Trinajstić information content (AvgIpc) is 3.86. The van der Waals surface area contributed by atoms with Crippen LogP contribution < -0.4 is 21.2 Å². The number of aryl methyl sites for hydroxylation is 2. The third-order valence-electron chi connectivity index (χ3n) is 11.9. The van der Waals surface area contributed by atoms with Gasteiger partial charge >= 0.3 is 5.69 Å². The van der Waals surface area contributed by atoms with Crippen molar-refractivity contribution in [3.8, 4) is 0 Å². The number of amides is 3. The van der Waals surface area contributed by atoms with E-state index in [1.165, 1.54) is 10.8 Å². The number of nitrogens with one attached hydrogen (secondary N) is 2. The van der Waals surface area contributed by atoms with Crippen molar-refractivity contribution in [3.05, 3.63) is 76.2 Å². The fourth-order valence-electron chi connectivity index (χ4n) is 8.90. The molecule has 2 aliphatic heterocycles. The van der Waals surface area contributed by atoms with Crippen LogP contribution in [0.4, 0.5) is 20.2 Å². The smallest absolute Gasteiger partial charge is 0.329 e. The number of carbonyl (C=O) groups is 3. The van der Waals surface area contributed by atoms with Crippen LogP contribution in [-0.2, 0) is 16.6 Å². The molecule has 1 aromatic carbocycles. The molecule has 3 amide bonds. The second kappa shape index (κ2) is 14.7. The zero-order valence-electron chi connectivity index (χ0n) is 31.3. The van der Waals surface area contributed by atoms with Crippen LogP contribution in [0, 0.1) is 12.8 Å². The number of halogens is 2.